The van der Waals surface area contributed by atoms with Gasteiger partial charge < -0.3 is 9.47 Å². The summed E-state index contributed by atoms with van der Waals surface area (Å²) in [5, 5.41) is 0.493. The van der Waals surface area contributed by atoms with E-state index in [0.29, 0.717) is 16.5 Å². The first-order valence-electron chi connectivity index (χ1n) is 5.53. The second-order valence-electron chi connectivity index (χ2n) is 3.89. The van der Waals surface area contributed by atoms with Crippen molar-refractivity contribution in [2.75, 3.05) is 0 Å². The van der Waals surface area contributed by atoms with Crippen LogP contribution in [0, 0.1) is 6.92 Å². The lowest BCUT2D eigenvalue weighted by molar-refractivity contribution is -0.0498. The highest BCUT2D eigenvalue weighted by Gasteiger charge is 2.06. The van der Waals surface area contributed by atoms with Crippen molar-refractivity contribution in [2.45, 2.75) is 13.5 Å². The molecule has 0 aromatic heterocycles. The molecular weight excluding hydrogens is 274 g/mol. The first-order chi connectivity index (χ1) is 9.04. The summed E-state index contributed by atoms with van der Waals surface area (Å²) in [4.78, 5) is 0. The third kappa shape index (κ3) is 3.83. The van der Waals surface area contributed by atoms with Gasteiger partial charge in [0, 0.05) is 0 Å². The van der Waals surface area contributed by atoms with Gasteiger partial charge in [-0.1, -0.05) is 17.7 Å². The van der Waals surface area contributed by atoms with Crippen molar-refractivity contribution in [3.63, 3.8) is 0 Å². The van der Waals surface area contributed by atoms with Crippen LogP contribution in [0.3, 0.4) is 0 Å². The summed E-state index contributed by atoms with van der Waals surface area (Å²) in [6, 6.07) is 11.3. The van der Waals surface area contributed by atoms with E-state index in [4.69, 9.17) is 16.3 Å². The standard InChI is InChI=1S/C14H11ClF2O2/c1-9-2-7-13(12(15)8-9)18-10-3-5-11(6-4-10)19-14(16)17/h2-8,14H,1H3. The van der Waals surface area contributed by atoms with E-state index in [0.717, 1.165) is 5.56 Å². The number of rotatable bonds is 4. The maximum absolute atomic E-state index is 12.0. The van der Waals surface area contributed by atoms with Gasteiger partial charge in [0.1, 0.15) is 17.2 Å². The van der Waals surface area contributed by atoms with Crippen molar-refractivity contribution in [3.8, 4) is 17.2 Å². The molecule has 0 fully saturated rings. The zero-order valence-electron chi connectivity index (χ0n) is 10.1. The number of ether oxygens (including phenoxy) is 2. The van der Waals surface area contributed by atoms with Gasteiger partial charge in [-0.3, -0.25) is 0 Å². The summed E-state index contributed by atoms with van der Waals surface area (Å²) in [6.45, 7) is -0.912. The molecule has 0 saturated heterocycles. The van der Waals surface area contributed by atoms with Gasteiger partial charge in [-0.05, 0) is 48.9 Å². The summed E-state index contributed by atoms with van der Waals surface area (Å²) in [7, 11) is 0. The lowest BCUT2D eigenvalue weighted by Crippen LogP contribution is -2.01. The second-order valence-corrected chi connectivity index (χ2v) is 4.29. The van der Waals surface area contributed by atoms with Crippen LogP contribution in [-0.4, -0.2) is 6.61 Å². The van der Waals surface area contributed by atoms with Crippen LogP contribution < -0.4 is 9.47 Å². The van der Waals surface area contributed by atoms with Crippen LogP contribution in [0.2, 0.25) is 5.02 Å². The molecule has 2 nitrogen and oxygen atoms in total. The molecular formula is C14H11ClF2O2. The lowest BCUT2D eigenvalue weighted by Gasteiger charge is -2.09. The molecule has 0 atom stereocenters. The second kappa shape index (κ2) is 5.89. The average molecular weight is 285 g/mol. The van der Waals surface area contributed by atoms with E-state index < -0.39 is 6.61 Å². The molecule has 0 heterocycles. The van der Waals surface area contributed by atoms with E-state index >= 15 is 0 Å². The molecule has 0 aliphatic heterocycles. The van der Waals surface area contributed by atoms with Gasteiger partial charge in [0.25, 0.3) is 0 Å². The maximum atomic E-state index is 12.0. The van der Waals surface area contributed by atoms with Gasteiger partial charge in [-0.25, -0.2) is 0 Å². The Labute approximate surface area is 114 Å². The van der Waals surface area contributed by atoms with Crippen molar-refractivity contribution >= 4 is 11.6 Å². The van der Waals surface area contributed by atoms with Crippen LogP contribution in [0.25, 0.3) is 0 Å². The van der Waals surface area contributed by atoms with Gasteiger partial charge in [0.15, 0.2) is 0 Å². The predicted molar refractivity (Wildman–Crippen MR) is 69.3 cm³/mol. The van der Waals surface area contributed by atoms with Crippen molar-refractivity contribution in [1.29, 1.82) is 0 Å². The van der Waals surface area contributed by atoms with E-state index in [1.54, 1.807) is 12.1 Å². The Bertz CT molecular complexity index is 556. The SMILES string of the molecule is Cc1ccc(Oc2ccc(OC(F)F)cc2)c(Cl)c1. The first-order valence-corrected chi connectivity index (χ1v) is 5.91. The van der Waals surface area contributed by atoms with E-state index in [9.17, 15) is 8.78 Å². The number of aryl methyl sites for hydroxylation is 1. The highest BCUT2D eigenvalue weighted by Crippen LogP contribution is 2.30. The quantitative estimate of drug-likeness (QED) is 0.783. The maximum Gasteiger partial charge on any atom is 0.387 e. The largest absolute Gasteiger partial charge is 0.456 e. The minimum absolute atomic E-state index is 0.0809. The zero-order valence-corrected chi connectivity index (χ0v) is 10.8. The Balaban J connectivity index is 2.10. The van der Waals surface area contributed by atoms with Crippen LogP contribution in [0.4, 0.5) is 8.78 Å². The van der Waals surface area contributed by atoms with Crippen molar-refractivity contribution in [2.24, 2.45) is 0 Å². The van der Waals surface area contributed by atoms with Crippen LogP contribution >= 0.6 is 11.6 Å². The molecule has 0 amide bonds. The molecule has 0 unspecified atom stereocenters. The number of benzene rings is 2. The molecule has 0 radical (unpaired) electrons. The van der Waals surface area contributed by atoms with Crippen molar-refractivity contribution in [1.82, 2.24) is 0 Å². The Morgan fingerprint density at radius 2 is 1.63 bits per heavy atom. The molecule has 2 rings (SSSR count). The van der Waals surface area contributed by atoms with Gasteiger partial charge in [-0.2, -0.15) is 8.78 Å². The third-order valence-electron chi connectivity index (χ3n) is 2.36. The Morgan fingerprint density at radius 1 is 1.00 bits per heavy atom. The summed E-state index contributed by atoms with van der Waals surface area (Å²) in [6.07, 6.45) is 0. The van der Waals surface area contributed by atoms with Crippen molar-refractivity contribution < 1.29 is 18.3 Å². The number of hydrogen-bond donors (Lipinski definition) is 0. The molecule has 0 N–H and O–H groups in total. The zero-order chi connectivity index (χ0) is 13.8. The lowest BCUT2D eigenvalue weighted by atomic mass is 10.2. The summed E-state index contributed by atoms with van der Waals surface area (Å²) >= 11 is 6.03. The topological polar surface area (TPSA) is 18.5 Å². The normalized spacial score (nSPS) is 10.6. The number of halogens is 3. The fourth-order valence-corrected chi connectivity index (χ4v) is 1.78. The predicted octanol–water partition coefficient (Wildman–Crippen LogP) is 5.04. The Morgan fingerprint density at radius 3 is 2.21 bits per heavy atom. The van der Waals surface area contributed by atoms with Crippen LogP contribution in [0.15, 0.2) is 42.5 Å². The van der Waals surface area contributed by atoms with E-state index in [2.05, 4.69) is 4.74 Å². The van der Waals surface area contributed by atoms with E-state index in [1.807, 2.05) is 13.0 Å². The van der Waals surface area contributed by atoms with Gasteiger partial charge in [-0.15, -0.1) is 0 Å². The molecule has 0 aliphatic rings. The molecule has 0 bridgehead atoms. The molecule has 0 aliphatic carbocycles. The van der Waals surface area contributed by atoms with Gasteiger partial charge in [0.2, 0.25) is 0 Å². The summed E-state index contributed by atoms with van der Waals surface area (Å²) in [5.41, 5.74) is 1.03. The first kappa shape index (κ1) is 13.6. The van der Waals surface area contributed by atoms with E-state index in [1.165, 1.54) is 24.3 Å². The van der Waals surface area contributed by atoms with E-state index in [-0.39, 0.29) is 5.75 Å². The van der Waals surface area contributed by atoms with Gasteiger partial charge >= 0.3 is 6.61 Å². The molecule has 100 valence electrons. The highest BCUT2D eigenvalue weighted by molar-refractivity contribution is 6.32. The fraction of sp³-hybridized carbons (Fsp3) is 0.143. The minimum atomic E-state index is -2.83. The summed E-state index contributed by atoms with van der Waals surface area (Å²) < 4.78 is 33.8. The fourth-order valence-electron chi connectivity index (χ4n) is 1.50. The highest BCUT2D eigenvalue weighted by atomic mass is 35.5. The minimum Gasteiger partial charge on any atom is -0.456 e. The van der Waals surface area contributed by atoms with Gasteiger partial charge in [0.05, 0.1) is 5.02 Å². The van der Waals surface area contributed by atoms with Crippen molar-refractivity contribution in [3.05, 3.63) is 53.1 Å². The average Bonchev–Trinajstić information content (AvgIpc) is 2.34. The number of hydrogen-bond acceptors (Lipinski definition) is 2. The molecule has 0 spiro atoms. The Kier molecular flexibility index (Phi) is 4.22. The molecule has 2 aromatic carbocycles. The van der Waals surface area contributed by atoms with Crippen LogP contribution in [-0.2, 0) is 0 Å². The van der Waals surface area contributed by atoms with Crippen LogP contribution in [0.5, 0.6) is 17.2 Å². The molecule has 2 aromatic rings. The molecule has 5 heteroatoms. The summed E-state index contributed by atoms with van der Waals surface area (Å²) in [5.74, 6) is 1.08. The van der Waals surface area contributed by atoms with Crippen LogP contribution in [0.1, 0.15) is 5.56 Å². The smallest absolute Gasteiger partial charge is 0.387 e. The number of alkyl halides is 2. The monoisotopic (exact) mass is 284 g/mol. The Hall–Kier alpha value is -1.81. The third-order valence-corrected chi connectivity index (χ3v) is 2.66. The molecule has 19 heavy (non-hydrogen) atoms. The molecule has 0 saturated carbocycles.